The summed E-state index contributed by atoms with van der Waals surface area (Å²) in [5, 5.41) is 0. The number of hydrogen-bond donors (Lipinski definition) is 0. The molecule has 0 saturated heterocycles. The minimum absolute atomic E-state index is 0.00977. The summed E-state index contributed by atoms with van der Waals surface area (Å²) in [5.41, 5.74) is 2.11. The van der Waals surface area contributed by atoms with Gasteiger partial charge >= 0.3 is 0 Å². The molecular formula is C15H22O2. The Labute approximate surface area is 103 Å². The van der Waals surface area contributed by atoms with Crippen LogP contribution in [0.1, 0.15) is 53.4 Å². The SMILES string of the molecule is CC(C)=C1C[C@]2(C)[C@@H](C)CCC(=O)[C@@H]2CC1=O. The van der Waals surface area contributed by atoms with E-state index >= 15 is 0 Å². The summed E-state index contributed by atoms with van der Waals surface area (Å²) in [5.74, 6) is 1.02. The molecule has 2 fully saturated rings. The predicted octanol–water partition coefficient (Wildman–Crippen LogP) is 3.31. The lowest BCUT2D eigenvalue weighted by Gasteiger charge is -2.48. The maximum Gasteiger partial charge on any atom is 0.159 e. The standard InChI is InChI=1S/C15H22O2/c1-9(2)11-8-15(4)10(3)5-6-13(16)12(15)7-14(11)17/h10,12H,5-8H2,1-4H3/t10-,12-,15+/m0/s1. The van der Waals surface area contributed by atoms with Crippen molar-refractivity contribution in [2.45, 2.75) is 53.4 Å². The molecule has 2 heteroatoms. The van der Waals surface area contributed by atoms with Crippen LogP contribution in [0.4, 0.5) is 0 Å². The van der Waals surface area contributed by atoms with E-state index < -0.39 is 0 Å². The van der Waals surface area contributed by atoms with Crippen molar-refractivity contribution in [1.82, 2.24) is 0 Å². The highest BCUT2D eigenvalue weighted by Gasteiger charge is 2.50. The number of ketones is 2. The van der Waals surface area contributed by atoms with Crippen molar-refractivity contribution in [2.24, 2.45) is 17.3 Å². The van der Waals surface area contributed by atoms with Crippen molar-refractivity contribution in [1.29, 1.82) is 0 Å². The largest absolute Gasteiger partial charge is 0.299 e. The van der Waals surface area contributed by atoms with Crippen molar-refractivity contribution in [2.75, 3.05) is 0 Å². The Balaban J connectivity index is 2.40. The minimum Gasteiger partial charge on any atom is -0.299 e. The summed E-state index contributed by atoms with van der Waals surface area (Å²) >= 11 is 0. The zero-order valence-corrected chi connectivity index (χ0v) is 11.3. The molecule has 2 aliphatic rings. The van der Waals surface area contributed by atoms with Gasteiger partial charge in [-0.3, -0.25) is 9.59 Å². The zero-order valence-electron chi connectivity index (χ0n) is 11.3. The van der Waals surface area contributed by atoms with Gasteiger partial charge in [0.05, 0.1) is 0 Å². The Morgan fingerprint density at radius 3 is 2.53 bits per heavy atom. The van der Waals surface area contributed by atoms with Gasteiger partial charge in [0.15, 0.2) is 5.78 Å². The molecule has 0 bridgehead atoms. The molecular weight excluding hydrogens is 212 g/mol. The van der Waals surface area contributed by atoms with Gasteiger partial charge < -0.3 is 0 Å². The predicted molar refractivity (Wildman–Crippen MR) is 67.6 cm³/mol. The van der Waals surface area contributed by atoms with Crippen LogP contribution in [-0.4, -0.2) is 11.6 Å². The Hall–Kier alpha value is -0.920. The summed E-state index contributed by atoms with van der Waals surface area (Å²) in [7, 11) is 0. The quantitative estimate of drug-likeness (QED) is 0.603. The monoisotopic (exact) mass is 234 g/mol. The molecule has 17 heavy (non-hydrogen) atoms. The number of carbonyl (C=O) groups excluding carboxylic acids is 2. The highest BCUT2D eigenvalue weighted by atomic mass is 16.1. The van der Waals surface area contributed by atoms with E-state index in [0.29, 0.717) is 24.5 Å². The fraction of sp³-hybridized carbons (Fsp3) is 0.733. The van der Waals surface area contributed by atoms with E-state index in [2.05, 4.69) is 13.8 Å². The van der Waals surface area contributed by atoms with Crippen LogP contribution in [0.15, 0.2) is 11.1 Å². The van der Waals surface area contributed by atoms with E-state index in [1.165, 1.54) is 0 Å². The average Bonchev–Trinajstić information content (AvgIpc) is 2.26. The van der Waals surface area contributed by atoms with Crippen molar-refractivity contribution in [3.8, 4) is 0 Å². The van der Waals surface area contributed by atoms with Gasteiger partial charge in [0, 0.05) is 18.8 Å². The summed E-state index contributed by atoms with van der Waals surface area (Å²) in [4.78, 5) is 24.1. The molecule has 0 spiro atoms. The molecule has 0 radical (unpaired) electrons. The molecule has 2 nitrogen and oxygen atoms in total. The summed E-state index contributed by atoms with van der Waals surface area (Å²) in [6, 6.07) is 0. The maximum atomic E-state index is 12.1. The second-order valence-corrected chi connectivity index (χ2v) is 6.25. The van der Waals surface area contributed by atoms with Crippen LogP contribution in [-0.2, 0) is 9.59 Å². The summed E-state index contributed by atoms with van der Waals surface area (Å²) in [6.07, 6.45) is 2.89. The van der Waals surface area contributed by atoms with Crippen LogP contribution < -0.4 is 0 Å². The van der Waals surface area contributed by atoms with Gasteiger partial charge in [-0.05, 0) is 43.6 Å². The number of allylic oxidation sites excluding steroid dienone is 2. The van der Waals surface area contributed by atoms with Gasteiger partial charge in [0.2, 0.25) is 0 Å². The van der Waals surface area contributed by atoms with Crippen LogP contribution in [0.25, 0.3) is 0 Å². The van der Waals surface area contributed by atoms with E-state index in [0.717, 1.165) is 24.0 Å². The van der Waals surface area contributed by atoms with Crippen molar-refractivity contribution < 1.29 is 9.59 Å². The Kier molecular flexibility index (Phi) is 3.01. The van der Waals surface area contributed by atoms with Gasteiger partial charge in [-0.1, -0.05) is 19.4 Å². The number of fused-ring (bicyclic) bond motifs is 1. The summed E-state index contributed by atoms with van der Waals surface area (Å²) < 4.78 is 0. The number of rotatable bonds is 0. The fourth-order valence-corrected chi connectivity index (χ4v) is 3.46. The van der Waals surface area contributed by atoms with E-state index in [4.69, 9.17) is 0 Å². The lowest BCUT2D eigenvalue weighted by atomic mass is 9.54. The number of hydrogen-bond acceptors (Lipinski definition) is 2. The van der Waals surface area contributed by atoms with Crippen molar-refractivity contribution in [3.63, 3.8) is 0 Å². The molecule has 2 saturated carbocycles. The highest BCUT2D eigenvalue weighted by Crippen LogP contribution is 2.52. The Bertz CT molecular complexity index is 401. The molecule has 0 N–H and O–H groups in total. The average molecular weight is 234 g/mol. The van der Waals surface area contributed by atoms with Gasteiger partial charge in [0.1, 0.15) is 5.78 Å². The number of carbonyl (C=O) groups is 2. The van der Waals surface area contributed by atoms with Gasteiger partial charge in [0.25, 0.3) is 0 Å². The highest BCUT2D eigenvalue weighted by molar-refractivity contribution is 6.01. The van der Waals surface area contributed by atoms with Gasteiger partial charge in [-0.2, -0.15) is 0 Å². The molecule has 0 aromatic carbocycles. The van der Waals surface area contributed by atoms with Gasteiger partial charge in [-0.15, -0.1) is 0 Å². The van der Waals surface area contributed by atoms with E-state index in [1.54, 1.807) is 0 Å². The summed E-state index contributed by atoms with van der Waals surface area (Å²) in [6.45, 7) is 8.45. The molecule has 3 atom stereocenters. The smallest absolute Gasteiger partial charge is 0.159 e. The van der Waals surface area contributed by atoms with E-state index in [1.807, 2.05) is 13.8 Å². The molecule has 0 unspecified atom stereocenters. The zero-order chi connectivity index (χ0) is 12.8. The van der Waals surface area contributed by atoms with Crippen molar-refractivity contribution >= 4 is 11.6 Å². The molecule has 94 valence electrons. The van der Waals surface area contributed by atoms with Crippen LogP contribution >= 0.6 is 0 Å². The first-order valence-corrected chi connectivity index (χ1v) is 6.58. The van der Waals surface area contributed by atoms with Crippen LogP contribution in [0.2, 0.25) is 0 Å². The van der Waals surface area contributed by atoms with E-state index in [9.17, 15) is 9.59 Å². The second-order valence-electron chi connectivity index (χ2n) is 6.25. The van der Waals surface area contributed by atoms with Crippen LogP contribution in [0.5, 0.6) is 0 Å². The van der Waals surface area contributed by atoms with Crippen LogP contribution in [0, 0.1) is 17.3 Å². The molecule has 0 aromatic heterocycles. The topological polar surface area (TPSA) is 34.1 Å². The molecule has 2 rings (SSSR count). The molecule has 0 aliphatic heterocycles. The number of Topliss-reactive ketones (excluding diaryl/α,β-unsaturated/α-hetero) is 2. The third-order valence-electron chi connectivity index (χ3n) is 5.02. The lowest BCUT2D eigenvalue weighted by molar-refractivity contribution is -0.139. The molecule has 0 amide bonds. The van der Waals surface area contributed by atoms with Crippen molar-refractivity contribution in [3.05, 3.63) is 11.1 Å². The second kappa shape index (κ2) is 4.08. The van der Waals surface area contributed by atoms with Gasteiger partial charge in [-0.25, -0.2) is 0 Å². The Morgan fingerprint density at radius 2 is 1.94 bits per heavy atom. The first-order valence-electron chi connectivity index (χ1n) is 6.58. The molecule has 2 aliphatic carbocycles. The molecule has 0 aromatic rings. The molecule has 0 heterocycles. The fourth-order valence-electron chi connectivity index (χ4n) is 3.46. The minimum atomic E-state index is -0.0261. The van der Waals surface area contributed by atoms with Crippen LogP contribution in [0.3, 0.4) is 0 Å². The van der Waals surface area contributed by atoms with E-state index in [-0.39, 0.29) is 17.1 Å². The Morgan fingerprint density at radius 1 is 1.29 bits per heavy atom. The normalized spacial score (nSPS) is 38.0. The first-order chi connectivity index (χ1) is 7.86. The maximum absolute atomic E-state index is 12.1. The third kappa shape index (κ3) is 1.88. The third-order valence-corrected chi connectivity index (χ3v) is 5.02. The lowest BCUT2D eigenvalue weighted by Crippen LogP contribution is -2.47. The first kappa shape index (κ1) is 12.5.